The molecule has 4 nitrogen and oxygen atoms in total. The van der Waals surface area contributed by atoms with Gasteiger partial charge in [0.05, 0.1) is 17.9 Å². The smallest absolute Gasteiger partial charge is 0.234 e. The molecule has 1 aromatic carbocycles. The Morgan fingerprint density at radius 1 is 1.24 bits per heavy atom. The second-order valence-electron chi connectivity index (χ2n) is 4.92. The summed E-state index contributed by atoms with van der Waals surface area (Å²) in [6.45, 7) is 4.35. The summed E-state index contributed by atoms with van der Waals surface area (Å²) >= 11 is 5.73. The number of imidazole rings is 1. The van der Waals surface area contributed by atoms with E-state index in [2.05, 4.69) is 15.3 Å². The number of hydrogen-bond acceptors (Lipinski definition) is 3. The molecule has 0 spiro atoms. The molecule has 2 aromatic heterocycles. The lowest BCUT2D eigenvalue weighted by Gasteiger charge is -2.05. The van der Waals surface area contributed by atoms with Crippen molar-refractivity contribution in [2.45, 2.75) is 20.4 Å². The third-order valence-electron chi connectivity index (χ3n) is 3.20. The normalized spacial score (nSPS) is 11.0. The highest BCUT2D eigenvalue weighted by Gasteiger charge is 2.07. The largest absolute Gasteiger partial charge is 0.377 e. The molecule has 0 fully saturated rings. The van der Waals surface area contributed by atoms with Crippen LogP contribution in [0, 0.1) is 19.7 Å². The lowest BCUT2D eigenvalue weighted by molar-refractivity contribution is 0.630. The maximum absolute atomic E-state index is 13.7. The van der Waals surface area contributed by atoms with Gasteiger partial charge >= 0.3 is 0 Å². The topological polar surface area (TPSA) is 42.2 Å². The van der Waals surface area contributed by atoms with Gasteiger partial charge in [0.25, 0.3) is 0 Å². The van der Waals surface area contributed by atoms with Crippen molar-refractivity contribution in [1.29, 1.82) is 0 Å². The van der Waals surface area contributed by atoms with Crippen molar-refractivity contribution in [3.63, 3.8) is 0 Å². The van der Waals surface area contributed by atoms with Crippen molar-refractivity contribution >= 4 is 23.1 Å². The van der Waals surface area contributed by atoms with Gasteiger partial charge in [-0.1, -0.05) is 11.6 Å². The van der Waals surface area contributed by atoms with Gasteiger partial charge in [0.2, 0.25) is 5.78 Å². The first-order valence-corrected chi connectivity index (χ1v) is 6.92. The minimum Gasteiger partial charge on any atom is -0.377 e. The number of hydrogen-bond donors (Lipinski definition) is 1. The molecule has 21 heavy (non-hydrogen) atoms. The summed E-state index contributed by atoms with van der Waals surface area (Å²) in [5.74, 6) is 0.275. The van der Waals surface area contributed by atoms with Crippen LogP contribution < -0.4 is 5.32 Å². The van der Waals surface area contributed by atoms with Gasteiger partial charge < -0.3 is 5.32 Å². The van der Waals surface area contributed by atoms with Crippen LogP contribution in [-0.2, 0) is 6.54 Å². The van der Waals surface area contributed by atoms with E-state index in [9.17, 15) is 4.39 Å². The van der Waals surface area contributed by atoms with Crippen molar-refractivity contribution < 1.29 is 4.39 Å². The maximum atomic E-state index is 13.7. The number of aromatic nitrogens is 3. The molecule has 0 aliphatic heterocycles. The Labute approximate surface area is 126 Å². The Balaban J connectivity index is 1.83. The lowest BCUT2D eigenvalue weighted by atomic mass is 10.3. The molecular formula is C15H14ClFN4. The Kier molecular flexibility index (Phi) is 3.51. The lowest BCUT2D eigenvalue weighted by Crippen LogP contribution is -2.01. The van der Waals surface area contributed by atoms with Gasteiger partial charge in [-0.3, -0.25) is 4.40 Å². The number of anilines is 1. The van der Waals surface area contributed by atoms with Crippen LogP contribution in [-0.4, -0.2) is 14.4 Å². The van der Waals surface area contributed by atoms with E-state index >= 15 is 0 Å². The molecule has 6 heteroatoms. The highest BCUT2D eigenvalue weighted by atomic mass is 35.5. The van der Waals surface area contributed by atoms with Gasteiger partial charge in [-0.2, -0.15) is 0 Å². The van der Waals surface area contributed by atoms with Gasteiger partial charge in [0.1, 0.15) is 5.82 Å². The molecule has 3 aromatic rings. The second-order valence-corrected chi connectivity index (χ2v) is 5.36. The van der Waals surface area contributed by atoms with Gasteiger partial charge in [-0.05, 0) is 38.1 Å². The molecule has 2 heterocycles. The van der Waals surface area contributed by atoms with E-state index in [0.717, 1.165) is 17.1 Å². The molecule has 1 N–H and O–H groups in total. The van der Waals surface area contributed by atoms with Crippen LogP contribution in [0.2, 0.25) is 5.02 Å². The molecule has 0 aliphatic rings. The van der Waals surface area contributed by atoms with Crippen molar-refractivity contribution in [3.05, 3.63) is 58.4 Å². The quantitative estimate of drug-likeness (QED) is 0.801. The summed E-state index contributed by atoms with van der Waals surface area (Å²) < 4.78 is 15.6. The first-order valence-electron chi connectivity index (χ1n) is 6.54. The highest BCUT2D eigenvalue weighted by molar-refractivity contribution is 6.30. The highest BCUT2D eigenvalue weighted by Crippen LogP contribution is 2.19. The van der Waals surface area contributed by atoms with E-state index in [1.165, 1.54) is 6.07 Å². The number of aryl methyl sites for hydroxylation is 2. The van der Waals surface area contributed by atoms with Crippen molar-refractivity contribution in [1.82, 2.24) is 14.4 Å². The maximum Gasteiger partial charge on any atom is 0.234 e. The first kappa shape index (κ1) is 13.8. The summed E-state index contributed by atoms with van der Waals surface area (Å²) in [4.78, 5) is 8.81. The Hall–Kier alpha value is -2.14. The fraction of sp³-hybridized carbons (Fsp3) is 0.200. The van der Waals surface area contributed by atoms with Crippen LogP contribution in [0.15, 0.2) is 30.5 Å². The predicted octanol–water partition coefficient (Wildman–Crippen LogP) is 3.75. The zero-order valence-electron chi connectivity index (χ0n) is 11.7. The number of fused-ring (bicyclic) bond motifs is 1. The van der Waals surface area contributed by atoms with E-state index in [0.29, 0.717) is 23.0 Å². The molecule has 0 bridgehead atoms. The van der Waals surface area contributed by atoms with Gasteiger partial charge in [-0.25, -0.2) is 14.4 Å². The second kappa shape index (κ2) is 5.33. The van der Waals surface area contributed by atoms with E-state index < -0.39 is 0 Å². The molecule has 0 unspecified atom stereocenters. The summed E-state index contributed by atoms with van der Waals surface area (Å²) in [5, 5.41) is 3.39. The van der Waals surface area contributed by atoms with E-state index in [1.54, 1.807) is 12.1 Å². The fourth-order valence-corrected chi connectivity index (χ4v) is 2.38. The average molecular weight is 305 g/mol. The van der Waals surface area contributed by atoms with Crippen LogP contribution >= 0.6 is 11.6 Å². The molecule has 0 saturated heterocycles. The van der Waals surface area contributed by atoms with E-state index in [4.69, 9.17) is 11.6 Å². The number of rotatable bonds is 3. The third kappa shape index (κ3) is 2.83. The zero-order valence-corrected chi connectivity index (χ0v) is 12.4. The number of halogens is 2. The minimum absolute atomic E-state index is 0.376. The molecule has 0 atom stereocenters. The van der Waals surface area contributed by atoms with Crippen LogP contribution in [0.1, 0.15) is 17.1 Å². The average Bonchev–Trinajstić information content (AvgIpc) is 2.81. The SMILES string of the molecule is Cc1cc(C)n2cc(CNc3ccc(Cl)cc3F)nc2n1. The van der Waals surface area contributed by atoms with Crippen LogP contribution in [0.5, 0.6) is 0 Å². The summed E-state index contributed by atoms with van der Waals surface area (Å²) in [5.41, 5.74) is 3.19. The molecular weight excluding hydrogens is 291 g/mol. The molecule has 0 radical (unpaired) electrons. The number of nitrogens with one attached hydrogen (secondary N) is 1. The zero-order chi connectivity index (χ0) is 15.0. The molecule has 0 aliphatic carbocycles. The van der Waals surface area contributed by atoms with Gasteiger partial charge in [0.15, 0.2) is 0 Å². The van der Waals surface area contributed by atoms with Crippen LogP contribution in [0.3, 0.4) is 0 Å². The fourth-order valence-electron chi connectivity index (χ4n) is 2.22. The van der Waals surface area contributed by atoms with Crippen molar-refractivity contribution in [3.8, 4) is 0 Å². The van der Waals surface area contributed by atoms with Crippen molar-refractivity contribution in [2.24, 2.45) is 0 Å². The Morgan fingerprint density at radius 3 is 2.81 bits per heavy atom. The third-order valence-corrected chi connectivity index (χ3v) is 3.44. The molecule has 0 amide bonds. The van der Waals surface area contributed by atoms with Crippen LogP contribution in [0.4, 0.5) is 10.1 Å². The number of nitrogens with zero attached hydrogens (tertiary/aromatic N) is 3. The van der Waals surface area contributed by atoms with E-state index in [1.807, 2.05) is 30.5 Å². The van der Waals surface area contributed by atoms with Gasteiger partial charge in [0, 0.05) is 22.6 Å². The first-order chi connectivity index (χ1) is 10.0. The summed E-state index contributed by atoms with van der Waals surface area (Å²) in [7, 11) is 0. The summed E-state index contributed by atoms with van der Waals surface area (Å²) in [6, 6.07) is 6.53. The predicted molar refractivity (Wildman–Crippen MR) is 81.2 cm³/mol. The Morgan fingerprint density at radius 2 is 2.05 bits per heavy atom. The number of benzene rings is 1. The van der Waals surface area contributed by atoms with Gasteiger partial charge in [-0.15, -0.1) is 0 Å². The van der Waals surface area contributed by atoms with Crippen LogP contribution in [0.25, 0.3) is 5.78 Å². The van der Waals surface area contributed by atoms with E-state index in [-0.39, 0.29) is 5.82 Å². The minimum atomic E-state index is -0.378. The Bertz CT molecular complexity index is 813. The summed E-state index contributed by atoms with van der Waals surface area (Å²) in [6.07, 6.45) is 1.90. The monoisotopic (exact) mass is 304 g/mol. The molecule has 3 rings (SSSR count). The molecule has 0 saturated carbocycles. The molecule has 108 valence electrons. The van der Waals surface area contributed by atoms with Crippen molar-refractivity contribution in [2.75, 3.05) is 5.32 Å². The standard InChI is InChI=1S/C15H14ClFN4/c1-9-5-10(2)21-8-12(20-15(21)19-9)7-18-14-4-3-11(16)6-13(14)17/h3-6,8,18H,7H2,1-2H3.